The lowest BCUT2D eigenvalue weighted by Gasteiger charge is -2.09. The summed E-state index contributed by atoms with van der Waals surface area (Å²) in [6.45, 7) is 1.82. The molecule has 0 aliphatic heterocycles. The van der Waals surface area contributed by atoms with Crippen LogP contribution in [0.3, 0.4) is 0 Å². The second kappa shape index (κ2) is 7.03. The van der Waals surface area contributed by atoms with E-state index in [0.29, 0.717) is 5.75 Å². The van der Waals surface area contributed by atoms with Crippen LogP contribution >= 0.6 is 0 Å². The predicted molar refractivity (Wildman–Crippen MR) is 69.9 cm³/mol. The molecule has 6 nitrogen and oxygen atoms in total. The first-order valence-electron chi connectivity index (χ1n) is 6.48. The third kappa shape index (κ3) is 5.20. The van der Waals surface area contributed by atoms with E-state index < -0.39 is 12.3 Å². The van der Waals surface area contributed by atoms with Gasteiger partial charge in [0.15, 0.2) is 11.5 Å². The van der Waals surface area contributed by atoms with E-state index in [2.05, 4.69) is 9.89 Å². The molecule has 0 aliphatic rings. The lowest BCUT2D eigenvalue weighted by atomic mass is 10.3. The van der Waals surface area contributed by atoms with Gasteiger partial charge in [0.05, 0.1) is 6.61 Å². The van der Waals surface area contributed by atoms with Crippen LogP contribution in [0.4, 0.5) is 13.2 Å². The van der Waals surface area contributed by atoms with Crippen molar-refractivity contribution in [3.8, 4) is 11.5 Å². The lowest BCUT2D eigenvalue weighted by Crippen LogP contribution is -2.16. The largest absolute Gasteiger partial charge is 0.573 e. The van der Waals surface area contributed by atoms with Crippen molar-refractivity contribution in [2.75, 3.05) is 6.61 Å². The molecule has 23 heavy (non-hydrogen) atoms. The second-order valence-electron chi connectivity index (χ2n) is 4.21. The van der Waals surface area contributed by atoms with E-state index in [9.17, 15) is 18.0 Å². The van der Waals surface area contributed by atoms with Gasteiger partial charge < -0.3 is 18.7 Å². The SMILES string of the molecule is CCOC(=O)c1cc(COc2ccc(OC(F)(F)F)cc2)on1. The van der Waals surface area contributed by atoms with Crippen LogP contribution in [-0.4, -0.2) is 24.1 Å². The molecule has 1 aromatic heterocycles. The molecule has 0 radical (unpaired) electrons. The van der Waals surface area contributed by atoms with Crippen LogP contribution in [0.5, 0.6) is 11.5 Å². The van der Waals surface area contributed by atoms with Gasteiger partial charge in [0, 0.05) is 6.07 Å². The normalized spacial score (nSPS) is 11.1. The van der Waals surface area contributed by atoms with Gasteiger partial charge >= 0.3 is 12.3 Å². The highest BCUT2D eigenvalue weighted by Gasteiger charge is 2.30. The van der Waals surface area contributed by atoms with Crippen molar-refractivity contribution in [1.82, 2.24) is 5.16 Å². The maximum atomic E-state index is 12.0. The number of ether oxygens (including phenoxy) is 3. The molecular formula is C14H12F3NO5. The molecule has 0 amide bonds. The van der Waals surface area contributed by atoms with Crippen molar-refractivity contribution in [2.24, 2.45) is 0 Å². The zero-order valence-electron chi connectivity index (χ0n) is 11.9. The standard InChI is InChI=1S/C14H12F3NO5/c1-2-20-13(19)12-7-11(23-18-12)8-21-9-3-5-10(6-4-9)22-14(15,16)17/h3-7H,2,8H2,1H3. The van der Waals surface area contributed by atoms with Gasteiger partial charge in [0.2, 0.25) is 0 Å². The molecule has 124 valence electrons. The van der Waals surface area contributed by atoms with Crippen LogP contribution in [-0.2, 0) is 11.3 Å². The Morgan fingerprint density at radius 1 is 1.22 bits per heavy atom. The van der Waals surface area contributed by atoms with Crippen LogP contribution in [0.25, 0.3) is 0 Å². The number of hydrogen-bond acceptors (Lipinski definition) is 6. The van der Waals surface area contributed by atoms with Crippen LogP contribution in [0.15, 0.2) is 34.9 Å². The third-order valence-electron chi connectivity index (χ3n) is 2.48. The molecule has 2 rings (SSSR count). The van der Waals surface area contributed by atoms with Gasteiger partial charge in [0.25, 0.3) is 0 Å². The fourth-order valence-corrected chi connectivity index (χ4v) is 1.57. The molecule has 0 bridgehead atoms. The molecule has 0 saturated carbocycles. The maximum absolute atomic E-state index is 12.0. The van der Waals surface area contributed by atoms with Gasteiger partial charge in [-0.05, 0) is 31.2 Å². The van der Waals surface area contributed by atoms with Crippen molar-refractivity contribution in [1.29, 1.82) is 0 Å². The van der Waals surface area contributed by atoms with E-state index in [1.54, 1.807) is 6.92 Å². The van der Waals surface area contributed by atoms with Crippen molar-refractivity contribution in [3.05, 3.63) is 41.8 Å². The van der Waals surface area contributed by atoms with E-state index in [0.717, 1.165) is 12.1 Å². The average molecular weight is 331 g/mol. The highest BCUT2D eigenvalue weighted by Crippen LogP contribution is 2.25. The van der Waals surface area contributed by atoms with E-state index >= 15 is 0 Å². The Balaban J connectivity index is 1.90. The summed E-state index contributed by atoms with van der Waals surface area (Å²) in [7, 11) is 0. The molecule has 0 atom stereocenters. The fraction of sp³-hybridized carbons (Fsp3) is 0.286. The zero-order chi connectivity index (χ0) is 16.9. The first kappa shape index (κ1) is 16.7. The van der Waals surface area contributed by atoms with Crippen LogP contribution < -0.4 is 9.47 Å². The Labute approximate surface area is 128 Å². The van der Waals surface area contributed by atoms with E-state index in [4.69, 9.17) is 14.0 Å². The first-order chi connectivity index (χ1) is 10.9. The number of benzene rings is 1. The number of carbonyl (C=O) groups excluding carboxylic acids is 1. The molecule has 0 N–H and O–H groups in total. The van der Waals surface area contributed by atoms with Gasteiger partial charge in [-0.25, -0.2) is 4.79 Å². The highest BCUT2D eigenvalue weighted by atomic mass is 19.4. The summed E-state index contributed by atoms with van der Waals surface area (Å²) < 4.78 is 54.8. The first-order valence-corrected chi connectivity index (χ1v) is 6.48. The fourth-order valence-electron chi connectivity index (χ4n) is 1.57. The minimum absolute atomic E-state index is 0.0133. The van der Waals surface area contributed by atoms with Crippen LogP contribution in [0, 0.1) is 0 Å². The summed E-state index contributed by atoms with van der Waals surface area (Å²) in [5.41, 5.74) is 0.0133. The van der Waals surface area contributed by atoms with Crippen molar-refractivity contribution >= 4 is 5.97 Å². The Kier molecular flexibility index (Phi) is 5.09. The summed E-state index contributed by atoms with van der Waals surface area (Å²) in [6.07, 6.45) is -4.74. The summed E-state index contributed by atoms with van der Waals surface area (Å²) >= 11 is 0. The molecule has 0 spiro atoms. The topological polar surface area (TPSA) is 70.8 Å². The number of rotatable bonds is 6. The molecule has 2 aromatic rings. The lowest BCUT2D eigenvalue weighted by molar-refractivity contribution is -0.274. The van der Waals surface area contributed by atoms with E-state index in [1.807, 2.05) is 0 Å². The molecule has 1 aromatic carbocycles. The molecule has 0 saturated heterocycles. The number of halogens is 3. The predicted octanol–water partition coefficient (Wildman–Crippen LogP) is 3.33. The Hall–Kier alpha value is -2.71. The van der Waals surface area contributed by atoms with Crippen molar-refractivity contribution < 1.29 is 36.7 Å². The van der Waals surface area contributed by atoms with Crippen molar-refractivity contribution in [3.63, 3.8) is 0 Å². The van der Waals surface area contributed by atoms with Gasteiger partial charge in [-0.15, -0.1) is 13.2 Å². The monoisotopic (exact) mass is 331 g/mol. The zero-order valence-corrected chi connectivity index (χ0v) is 11.9. The van der Waals surface area contributed by atoms with E-state index in [1.165, 1.54) is 18.2 Å². The number of hydrogen-bond donors (Lipinski definition) is 0. The Morgan fingerprint density at radius 2 is 1.87 bits per heavy atom. The smallest absolute Gasteiger partial charge is 0.486 e. The number of carbonyl (C=O) groups is 1. The summed E-state index contributed by atoms with van der Waals surface area (Å²) in [4.78, 5) is 11.4. The number of alkyl halides is 3. The Morgan fingerprint density at radius 3 is 2.48 bits per heavy atom. The summed E-state index contributed by atoms with van der Waals surface area (Å²) in [5.74, 6) is -0.400. The molecule has 0 aliphatic carbocycles. The molecule has 9 heteroatoms. The highest BCUT2D eigenvalue weighted by molar-refractivity contribution is 5.87. The van der Waals surface area contributed by atoms with E-state index in [-0.39, 0.29) is 30.4 Å². The number of aromatic nitrogens is 1. The summed E-state index contributed by atoms with van der Waals surface area (Å²) in [5, 5.41) is 3.53. The van der Waals surface area contributed by atoms with Gasteiger partial charge in [-0.2, -0.15) is 0 Å². The minimum Gasteiger partial charge on any atom is -0.486 e. The van der Waals surface area contributed by atoms with Crippen molar-refractivity contribution in [2.45, 2.75) is 19.9 Å². The second-order valence-corrected chi connectivity index (χ2v) is 4.21. The van der Waals surface area contributed by atoms with Crippen LogP contribution in [0.1, 0.15) is 23.2 Å². The number of esters is 1. The quantitative estimate of drug-likeness (QED) is 0.756. The molecular weight excluding hydrogens is 319 g/mol. The number of nitrogens with zero attached hydrogens (tertiary/aromatic N) is 1. The minimum atomic E-state index is -4.74. The molecule has 1 heterocycles. The molecule has 0 fully saturated rings. The van der Waals surface area contributed by atoms with Gasteiger partial charge in [-0.3, -0.25) is 0 Å². The third-order valence-corrected chi connectivity index (χ3v) is 2.48. The van der Waals surface area contributed by atoms with Crippen LogP contribution in [0.2, 0.25) is 0 Å². The average Bonchev–Trinajstić information content (AvgIpc) is 2.94. The summed E-state index contributed by atoms with van der Waals surface area (Å²) in [6, 6.07) is 6.22. The van der Waals surface area contributed by atoms with Gasteiger partial charge in [0.1, 0.15) is 18.1 Å². The van der Waals surface area contributed by atoms with Gasteiger partial charge in [-0.1, -0.05) is 5.16 Å². The maximum Gasteiger partial charge on any atom is 0.573 e. The molecule has 0 unspecified atom stereocenters. The Bertz CT molecular complexity index is 651.